The number of thiazole rings is 1. The molecule has 1 amide bonds. The fraction of sp³-hybridized carbons (Fsp3) is 0.179. The highest BCUT2D eigenvalue weighted by Crippen LogP contribution is 2.32. The molecule has 2 heterocycles. The number of ether oxygens (including phenoxy) is 1. The Kier molecular flexibility index (Phi) is 6.86. The average Bonchev–Trinajstić information content (AvgIpc) is 3.57. The number of hydrogen-bond donors (Lipinski definition) is 0. The number of aryl methyl sites for hydroxylation is 2. The Labute approximate surface area is 208 Å². The number of rotatable bonds is 9. The Balaban J connectivity index is 1.44. The van der Waals surface area contributed by atoms with Gasteiger partial charge in [0.2, 0.25) is 0 Å². The lowest BCUT2D eigenvalue weighted by molar-refractivity contribution is 0.0986. The van der Waals surface area contributed by atoms with E-state index in [1.54, 1.807) is 34.8 Å². The molecule has 0 aliphatic rings. The minimum atomic E-state index is -0.0914. The van der Waals surface area contributed by atoms with E-state index in [0.29, 0.717) is 23.0 Å². The number of aromatic nitrogens is 3. The van der Waals surface area contributed by atoms with E-state index in [1.807, 2.05) is 59.3 Å². The molecule has 35 heavy (non-hydrogen) atoms. The van der Waals surface area contributed by atoms with Gasteiger partial charge < -0.3 is 9.30 Å². The van der Waals surface area contributed by atoms with Gasteiger partial charge in [-0.25, -0.2) is 9.97 Å². The topological polar surface area (TPSA) is 60.2 Å². The van der Waals surface area contributed by atoms with E-state index in [-0.39, 0.29) is 5.91 Å². The zero-order valence-electron chi connectivity index (χ0n) is 19.5. The monoisotopic (exact) mass is 482 g/mol. The summed E-state index contributed by atoms with van der Waals surface area (Å²) < 4.78 is 9.08. The quantitative estimate of drug-likeness (QED) is 0.238. The van der Waals surface area contributed by atoms with Gasteiger partial charge in [0, 0.05) is 31.0 Å². The molecule has 7 heteroatoms. The summed E-state index contributed by atoms with van der Waals surface area (Å²) in [4.78, 5) is 24.6. The standard InChI is InChI=1S/C28H26N4O2S/c1-2-21-9-7-14-25-26(21)30-28(35-25)32(17-8-16-31-18-15-29-20-31)27(33)22-10-6-13-24(19-22)34-23-11-4-3-5-12-23/h3-7,9-15,18-20H,2,8,16-17H2,1H3. The van der Waals surface area contributed by atoms with Crippen molar-refractivity contribution in [1.29, 1.82) is 0 Å². The third-order valence-corrected chi connectivity index (χ3v) is 6.81. The Morgan fingerprint density at radius 2 is 1.86 bits per heavy atom. The van der Waals surface area contributed by atoms with Crippen molar-refractivity contribution in [3.63, 3.8) is 0 Å². The van der Waals surface area contributed by atoms with Crippen molar-refractivity contribution in [2.75, 3.05) is 11.4 Å². The molecule has 0 unspecified atom stereocenters. The molecule has 0 bridgehead atoms. The van der Waals surface area contributed by atoms with Gasteiger partial charge in [0.1, 0.15) is 11.5 Å². The minimum Gasteiger partial charge on any atom is -0.457 e. The van der Waals surface area contributed by atoms with Crippen molar-refractivity contribution in [1.82, 2.24) is 14.5 Å². The second-order valence-corrected chi connectivity index (χ2v) is 9.18. The zero-order chi connectivity index (χ0) is 24.0. The molecule has 176 valence electrons. The lowest BCUT2D eigenvalue weighted by Crippen LogP contribution is -2.32. The van der Waals surface area contributed by atoms with E-state index in [1.165, 1.54) is 5.56 Å². The summed E-state index contributed by atoms with van der Waals surface area (Å²) in [5.74, 6) is 1.26. The summed E-state index contributed by atoms with van der Waals surface area (Å²) in [6.45, 7) is 3.44. The fourth-order valence-electron chi connectivity index (χ4n) is 3.98. The van der Waals surface area contributed by atoms with Crippen molar-refractivity contribution in [3.05, 3.63) is 103 Å². The lowest BCUT2D eigenvalue weighted by Gasteiger charge is -2.20. The third-order valence-electron chi connectivity index (χ3n) is 5.77. The summed E-state index contributed by atoms with van der Waals surface area (Å²) in [5.41, 5.74) is 2.73. The number of nitrogens with zero attached hydrogens (tertiary/aromatic N) is 4. The molecule has 0 aliphatic heterocycles. The Hall–Kier alpha value is -3.97. The molecule has 0 saturated carbocycles. The first-order valence-electron chi connectivity index (χ1n) is 11.7. The minimum absolute atomic E-state index is 0.0914. The molecule has 3 aromatic carbocycles. The molecule has 0 N–H and O–H groups in total. The molecule has 0 fully saturated rings. The van der Waals surface area contributed by atoms with Crippen molar-refractivity contribution < 1.29 is 9.53 Å². The molecule has 5 rings (SSSR count). The molecule has 6 nitrogen and oxygen atoms in total. The molecule has 0 radical (unpaired) electrons. The van der Waals surface area contributed by atoms with Gasteiger partial charge in [0.15, 0.2) is 5.13 Å². The largest absolute Gasteiger partial charge is 0.457 e. The van der Waals surface area contributed by atoms with Gasteiger partial charge in [-0.15, -0.1) is 0 Å². The number of anilines is 1. The van der Waals surface area contributed by atoms with Gasteiger partial charge in [-0.05, 0) is 54.8 Å². The predicted molar refractivity (Wildman–Crippen MR) is 140 cm³/mol. The van der Waals surface area contributed by atoms with Crippen LogP contribution >= 0.6 is 11.3 Å². The van der Waals surface area contributed by atoms with Crippen LogP contribution in [0.15, 0.2) is 91.5 Å². The molecule has 0 aliphatic carbocycles. The highest BCUT2D eigenvalue weighted by Gasteiger charge is 2.22. The molecular weight excluding hydrogens is 456 g/mol. The van der Waals surface area contributed by atoms with Crippen molar-refractivity contribution in [2.45, 2.75) is 26.3 Å². The zero-order valence-corrected chi connectivity index (χ0v) is 20.3. The maximum atomic E-state index is 13.8. The summed E-state index contributed by atoms with van der Waals surface area (Å²) in [6.07, 6.45) is 7.16. The normalized spacial score (nSPS) is 11.0. The van der Waals surface area contributed by atoms with Crippen molar-refractivity contribution >= 4 is 32.6 Å². The summed E-state index contributed by atoms with van der Waals surface area (Å²) in [7, 11) is 0. The molecule has 5 aromatic rings. The van der Waals surface area contributed by atoms with Crippen LogP contribution in [0.5, 0.6) is 11.5 Å². The van der Waals surface area contributed by atoms with Gasteiger partial charge in [-0.2, -0.15) is 0 Å². The van der Waals surface area contributed by atoms with Gasteiger partial charge in [0.05, 0.1) is 16.5 Å². The molecular formula is C28H26N4O2S. The first kappa shape index (κ1) is 22.8. The molecule has 0 spiro atoms. The van der Waals surface area contributed by atoms with Gasteiger partial charge in [-0.1, -0.05) is 54.7 Å². The van der Waals surface area contributed by atoms with Gasteiger partial charge in [0.25, 0.3) is 5.91 Å². The Morgan fingerprint density at radius 1 is 1.03 bits per heavy atom. The fourth-order valence-corrected chi connectivity index (χ4v) is 5.02. The second-order valence-electron chi connectivity index (χ2n) is 8.17. The first-order valence-corrected chi connectivity index (χ1v) is 12.5. The SMILES string of the molecule is CCc1cccc2sc(N(CCCn3ccnc3)C(=O)c3cccc(Oc4ccccc4)c3)nc12. The van der Waals surface area contributed by atoms with Crippen molar-refractivity contribution in [2.24, 2.45) is 0 Å². The highest BCUT2D eigenvalue weighted by atomic mass is 32.1. The van der Waals surface area contributed by atoms with Crippen LogP contribution in [0.2, 0.25) is 0 Å². The second kappa shape index (κ2) is 10.5. The maximum Gasteiger partial charge on any atom is 0.260 e. The molecule has 2 aromatic heterocycles. The van der Waals surface area contributed by atoms with Crippen LogP contribution in [0.1, 0.15) is 29.3 Å². The number of imidazole rings is 1. The Bertz CT molecular complexity index is 1410. The number of carbonyl (C=O) groups excluding carboxylic acids is 1. The summed E-state index contributed by atoms with van der Waals surface area (Å²) in [6, 6.07) is 23.1. The van der Waals surface area contributed by atoms with Gasteiger partial charge >= 0.3 is 0 Å². The van der Waals surface area contributed by atoms with Crippen molar-refractivity contribution in [3.8, 4) is 11.5 Å². The van der Waals surface area contributed by atoms with E-state index < -0.39 is 0 Å². The van der Waals surface area contributed by atoms with E-state index in [4.69, 9.17) is 9.72 Å². The van der Waals surface area contributed by atoms with E-state index in [0.717, 1.165) is 35.4 Å². The predicted octanol–water partition coefficient (Wildman–Crippen LogP) is 6.58. The summed E-state index contributed by atoms with van der Waals surface area (Å²) >= 11 is 1.56. The number of hydrogen-bond acceptors (Lipinski definition) is 5. The number of amides is 1. The van der Waals surface area contributed by atoms with Crippen LogP contribution in [0.4, 0.5) is 5.13 Å². The van der Waals surface area contributed by atoms with Crippen LogP contribution in [0.3, 0.4) is 0 Å². The Morgan fingerprint density at radius 3 is 2.66 bits per heavy atom. The van der Waals surface area contributed by atoms with Crippen LogP contribution in [0.25, 0.3) is 10.2 Å². The van der Waals surface area contributed by atoms with E-state index in [9.17, 15) is 4.79 Å². The number of fused-ring (bicyclic) bond motifs is 1. The lowest BCUT2D eigenvalue weighted by atomic mass is 10.1. The molecule has 0 atom stereocenters. The number of benzene rings is 3. The van der Waals surface area contributed by atoms with E-state index >= 15 is 0 Å². The molecule has 0 saturated heterocycles. The van der Waals surface area contributed by atoms with Crippen LogP contribution in [-0.4, -0.2) is 27.0 Å². The van der Waals surface area contributed by atoms with Crippen LogP contribution < -0.4 is 9.64 Å². The first-order chi connectivity index (χ1) is 17.2. The highest BCUT2D eigenvalue weighted by molar-refractivity contribution is 7.22. The number of carbonyl (C=O) groups is 1. The number of para-hydroxylation sites is 2. The van der Waals surface area contributed by atoms with Gasteiger partial charge in [-0.3, -0.25) is 9.69 Å². The van der Waals surface area contributed by atoms with Crippen LogP contribution in [0, 0.1) is 0 Å². The smallest absolute Gasteiger partial charge is 0.260 e. The van der Waals surface area contributed by atoms with Crippen LogP contribution in [-0.2, 0) is 13.0 Å². The third kappa shape index (κ3) is 5.25. The van der Waals surface area contributed by atoms with E-state index in [2.05, 4.69) is 30.1 Å². The maximum absolute atomic E-state index is 13.8. The average molecular weight is 483 g/mol. The summed E-state index contributed by atoms with van der Waals surface area (Å²) in [5, 5.41) is 0.714.